The normalized spacial score (nSPS) is 12.2. The van der Waals surface area contributed by atoms with Gasteiger partial charge in [-0.2, -0.15) is 0 Å². The fraction of sp³-hybridized carbons (Fsp3) is 0.417. The summed E-state index contributed by atoms with van der Waals surface area (Å²) in [6, 6.07) is 5.13. The molecule has 0 saturated carbocycles. The lowest BCUT2D eigenvalue weighted by Crippen LogP contribution is -2.40. The molecule has 17 heavy (non-hydrogen) atoms. The molecule has 0 aromatic heterocycles. The monoisotopic (exact) mass is 318 g/mol. The zero-order chi connectivity index (χ0) is 12.8. The van der Waals surface area contributed by atoms with Crippen LogP contribution in [0.2, 0.25) is 5.02 Å². The number of nitrogens with two attached hydrogens (primary N) is 1. The Morgan fingerprint density at radius 2 is 2.29 bits per heavy atom. The van der Waals surface area contributed by atoms with Gasteiger partial charge in [-0.25, -0.2) is 0 Å². The molecule has 1 amide bonds. The summed E-state index contributed by atoms with van der Waals surface area (Å²) in [6.07, 6.45) is 1.59. The van der Waals surface area contributed by atoms with Crippen molar-refractivity contribution in [1.29, 1.82) is 0 Å². The summed E-state index contributed by atoms with van der Waals surface area (Å²) in [7, 11) is 0. The van der Waals surface area contributed by atoms with E-state index in [2.05, 4.69) is 21.2 Å². The molecule has 0 radical (unpaired) electrons. The summed E-state index contributed by atoms with van der Waals surface area (Å²) in [5, 5.41) is 3.41. The number of benzene rings is 1. The lowest BCUT2D eigenvalue weighted by Gasteiger charge is -2.12. The maximum absolute atomic E-state index is 11.6. The predicted octanol–water partition coefficient (Wildman–Crippen LogP) is 2.85. The third-order valence-corrected chi connectivity index (χ3v) is 3.25. The van der Waals surface area contributed by atoms with E-state index in [9.17, 15) is 4.79 Å². The van der Waals surface area contributed by atoms with E-state index in [0.717, 1.165) is 16.5 Å². The molecule has 0 aliphatic rings. The van der Waals surface area contributed by atoms with Crippen LogP contribution in [-0.4, -0.2) is 11.9 Å². The molecule has 0 spiro atoms. The Labute approximate surface area is 115 Å². The van der Waals surface area contributed by atoms with Crippen molar-refractivity contribution < 1.29 is 4.79 Å². The van der Waals surface area contributed by atoms with E-state index >= 15 is 0 Å². The summed E-state index contributed by atoms with van der Waals surface area (Å²) in [5.74, 6) is -0.133. The minimum atomic E-state index is -0.436. The molecule has 1 atom stereocenters. The molecule has 94 valence electrons. The number of carbonyl (C=O) groups is 1. The molecule has 0 saturated heterocycles. The van der Waals surface area contributed by atoms with Crippen molar-refractivity contribution in [3.8, 4) is 0 Å². The Morgan fingerprint density at radius 3 is 2.88 bits per heavy atom. The highest BCUT2D eigenvalue weighted by Crippen LogP contribution is 2.21. The number of rotatable bonds is 5. The van der Waals surface area contributed by atoms with Gasteiger partial charge in [0, 0.05) is 16.0 Å². The van der Waals surface area contributed by atoms with Gasteiger partial charge in [-0.1, -0.05) is 46.9 Å². The third-order valence-electron chi connectivity index (χ3n) is 2.40. The molecular formula is C12H16BrClN2O. The number of hydrogen-bond donors (Lipinski definition) is 2. The van der Waals surface area contributed by atoms with Crippen molar-refractivity contribution in [2.24, 2.45) is 5.73 Å². The van der Waals surface area contributed by atoms with E-state index < -0.39 is 6.04 Å². The van der Waals surface area contributed by atoms with Gasteiger partial charge >= 0.3 is 0 Å². The van der Waals surface area contributed by atoms with Gasteiger partial charge in [0.2, 0.25) is 5.91 Å². The van der Waals surface area contributed by atoms with E-state index in [0.29, 0.717) is 18.0 Å². The molecule has 0 aliphatic heterocycles. The van der Waals surface area contributed by atoms with Gasteiger partial charge in [-0.15, -0.1) is 0 Å². The molecular weight excluding hydrogens is 304 g/mol. The Morgan fingerprint density at radius 1 is 1.59 bits per heavy atom. The second-order valence-electron chi connectivity index (χ2n) is 3.85. The lowest BCUT2D eigenvalue weighted by atomic mass is 10.1. The average Bonchev–Trinajstić information content (AvgIpc) is 2.27. The van der Waals surface area contributed by atoms with Crippen molar-refractivity contribution in [3.63, 3.8) is 0 Å². The highest BCUT2D eigenvalue weighted by Gasteiger charge is 2.12. The van der Waals surface area contributed by atoms with Crippen LogP contribution in [0.5, 0.6) is 0 Å². The van der Waals surface area contributed by atoms with E-state index in [4.69, 9.17) is 17.3 Å². The summed E-state index contributed by atoms with van der Waals surface area (Å²) in [4.78, 5) is 11.6. The van der Waals surface area contributed by atoms with Crippen LogP contribution in [0, 0.1) is 0 Å². The first-order chi connectivity index (χ1) is 8.04. The predicted molar refractivity (Wildman–Crippen MR) is 73.9 cm³/mol. The second-order valence-corrected chi connectivity index (χ2v) is 5.17. The standard InChI is InChI=1S/C12H16BrClN2O/c1-2-3-11(15)12(17)16-7-8-4-5-9(13)6-10(8)14/h4-6,11H,2-3,7,15H2,1H3,(H,16,17). The van der Waals surface area contributed by atoms with Crippen LogP contribution >= 0.6 is 27.5 Å². The average molecular weight is 320 g/mol. The second kappa shape index (κ2) is 6.99. The molecule has 0 fully saturated rings. The summed E-state index contributed by atoms with van der Waals surface area (Å²) in [5.41, 5.74) is 6.58. The molecule has 1 rings (SSSR count). The largest absolute Gasteiger partial charge is 0.351 e. The van der Waals surface area contributed by atoms with Gasteiger partial charge in [0.05, 0.1) is 6.04 Å². The van der Waals surface area contributed by atoms with Gasteiger partial charge < -0.3 is 11.1 Å². The first kappa shape index (κ1) is 14.5. The highest BCUT2D eigenvalue weighted by atomic mass is 79.9. The first-order valence-corrected chi connectivity index (χ1v) is 6.69. The summed E-state index contributed by atoms with van der Waals surface area (Å²) in [6.45, 7) is 2.40. The van der Waals surface area contributed by atoms with Gasteiger partial charge in [0.1, 0.15) is 0 Å². The Kier molecular flexibility index (Phi) is 5.95. The fourth-order valence-corrected chi connectivity index (χ4v) is 2.16. The summed E-state index contributed by atoms with van der Waals surface area (Å²) >= 11 is 9.37. The van der Waals surface area contributed by atoms with Crippen LogP contribution in [0.25, 0.3) is 0 Å². The van der Waals surface area contributed by atoms with Crippen LogP contribution in [0.4, 0.5) is 0 Å². The molecule has 3 nitrogen and oxygen atoms in total. The first-order valence-electron chi connectivity index (χ1n) is 5.51. The minimum Gasteiger partial charge on any atom is -0.351 e. The van der Waals surface area contributed by atoms with Crippen LogP contribution in [-0.2, 0) is 11.3 Å². The van der Waals surface area contributed by atoms with E-state index in [1.54, 1.807) is 6.07 Å². The van der Waals surface area contributed by atoms with Crippen molar-refractivity contribution in [3.05, 3.63) is 33.3 Å². The summed E-state index contributed by atoms with van der Waals surface area (Å²) < 4.78 is 0.917. The van der Waals surface area contributed by atoms with E-state index in [-0.39, 0.29) is 5.91 Å². The topological polar surface area (TPSA) is 55.1 Å². The van der Waals surface area contributed by atoms with Crippen molar-refractivity contribution >= 4 is 33.4 Å². The Bertz CT molecular complexity index is 398. The maximum atomic E-state index is 11.6. The minimum absolute atomic E-state index is 0.133. The van der Waals surface area contributed by atoms with Crippen LogP contribution in [0.1, 0.15) is 25.3 Å². The van der Waals surface area contributed by atoms with Gasteiger partial charge in [0.25, 0.3) is 0 Å². The fourth-order valence-electron chi connectivity index (χ4n) is 1.42. The molecule has 1 unspecified atom stereocenters. The van der Waals surface area contributed by atoms with E-state index in [1.165, 1.54) is 0 Å². The Balaban J connectivity index is 2.53. The van der Waals surface area contributed by atoms with Crippen LogP contribution < -0.4 is 11.1 Å². The zero-order valence-electron chi connectivity index (χ0n) is 9.67. The Hall–Kier alpha value is -0.580. The highest BCUT2D eigenvalue weighted by molar-refractivity contribution is 9.10. The number of nitrogens with one attached hydrogen (secondary N) is 1. The molecule has 3 N–H and O–H groups in total. The van der Waals surface area contributed by atoms with Crippen LogP contribution in [0.3, 0.4) is 0 Å². The number of halogens is 2. The van der Waals surface area contributed by atoms with Gasteiger partial charge in [0.15, 0.2) is 0 Å². The molecule has 1 aromatic carbocycles. The van der Waals surface area contributed by atoms with Gasteiger partial charge in [-0.3, -0.25) is 4.79 Å². The number of hydrogen-bond acceptors (Lipinski definition) is 2. The molecule has 0 heterocycles. The number of amides is 1. The quantitative estimate of drug-likeness (QED) is 0.877. The SMILES string of the molecule is CCCC(N)C(=O)NCc1ccc(Br)cc1Cl. The molecule has 1 aromatic rings. The van der Waals surface area contributed by atoms with Gasteiger partial charge in [-0.05, 0) is 24.1 Å². The zero-order valence-corrected chi connectivity index (χ0v) is 12.0. The maximum Gasteiger partial charge on any atom is 0.237 e. The smallest absolute Gasteiger partial charge is 0.237 e. The third kappa shape index (κ3) is 4.66. The lowest BCUT2D eigenvalue weighted by molar-refractivity contribution is -0.122. The molecule has 0 bridgehead atoms. The van der Waals surface area contributed by atoms with E-state index in [1.807, 2.05) is 19.1 Å². The number of carbonyl (C=O) groups excluding carboxylic acids is 1. The van der Waals surface area contributed by atoms with Crippen molar-refractivity contribution in [2.45, 2.75) is 32.4 Å². The van der Waals surface area contributed by atoms with Crippen molar-refractivity contribution in [1.82, 2.24) is 5.32 Å². The molecule has 5 heteroatoms. The van der Waals surface area contributed by atoms with Crippen molar-refractivity contribution in [2.75, 3.05) is 0 Å². The molecule has 0 aliphatic carbocycles. The van der Waals surface area contributed by atoms with Crippen LogP contribution in [0.15, 0.2) is 22.7 Å².